The first-order chi connectivity index (χ1) is 7.26. The van der Waals surface area contributed by atoms with Gasteiger partial charge in [-0.1, -0.05) is 6.42 Å². The van der Waals surface area contributed by atoms with E-state index in [1.165, 1.54) is 19.3 Å². The molecule has 2 rings (SSSR count). The molecule has 4 heteroatoms. The van der Waals surface area contributed by atoms with Crippen LogP contribution in [0.4, 0.5) is 4.79 Å². The van der Waals surface area contributed by atoms with Gasteiger partial charge in [0.15, 0.2) is 0 Å². The van der Waals surface area contributed by atoms with E-state index in [1.54, 1.807) is 4.90 Å². The molecule has 0 atom stereocenters. The Morgan fingerprint density at radius 1 is 1.27 bits per heavy atom. The van der Waals surface area contributed by atoms with Crippen LogP contribution in [0.5, 0.6) is 0 Å². The van der Waals surface area contributed by atoms with Crippen LogP contribution in [0.15, 0.2) is 0 Å². The molecule has 2 N–H and O–H groups in total. The maximum atomic E-state index is 11.7. The van der Waals surface area contributed by atoms with Crippen LogP contribution in [-0.2, 0) is 4.74 Å². The lowest BCUT2D eigenvalue weighted by atomic mass is 9.81. The van der Waals surface area contributed by atoms with E-state index in [2.05, 4.69) is 0 Å². The summed E-state index contributed by atoms with van der Waals surface area (Å²) in [6.45, 7) is 1.95. The van der Waals surface area contributed by atoms with Crippen molar-refractivity contribution in [1.29, 1.82) is 0 Å². The van der Waals surface area contributed by atoms with Gasteiger partial charge in [0.1, 0.15) is 5.60 Å². The maximum absolute atomic E-state index is 11.7. The molecule has 1 heterocycles. The molecule has 1 saturated heterocycles. The van der Waals surface area contributed by atoms with Crippen molar-refractivity contribution in [3.8, 4) is 0 Å². The van der Waals surface area contributed by atoms with E-state index in [9.17, 15) is 4.79 Å². The van der Waals surface area contributed by atoms with Gasteiger partial charge >= 0.3 is 6.09 Å². The predicted octanol–water partition coefficient (Wildman–Crippen LogP) is 1.49. The highest BCUT2D eigenvalue weighted by atomic mass is 16.6. The summed E-state index contributed by atoms with van der Waals surface area (Å²) < 4.78 is 5.61. The summed E-state index contributed by atoms with van der Waals surface area (Å²) in [5.74, 6) is 0. The number of hydrogen-bond acceptors (Lipinski definition) is 3. The molecule has 2 aliphatic rings. The van der Waals surface area contributed by atoms with E-state index in [0.717, 1.165) is 25.8 Å². The van der Waals surface area contributed by atoms with E-state index in [1.807, 2.05) is 0 Å². The van der Waals surface area contributed by atoms with Gasteiger partial charge in [-0.05, 0) is 25.7 Å². The van der Waals surface area contributed by atoms with Crippen LogP contribution in [0.1, 0.15) is 38.5 Å². The van der Waals surface area contributed by atoms with E-state index >= 15 is 0 Å². The van der Waals surface area contributed by atoms with Crippen molar-refractivity contribution in [3.63, 3.8) is 0 Å². The number of carbonyl (C=O) groups excluding carboxylic acids is 1. The molecule has 1 aliphatic heterocycles. The van der Waals surface area contributed by atoms with Crippen molar-refractivity contribution in [2.75, 3.05) is 19.6 Å². The third kappa shape index (κ3) is 2.25. The number of ether oxygens (including phenoxy) is 1. The number of amides is 1. The minimum atomic E-state index is -0.159. The molecule has 1 amide bonds. The Morgan fingerprint density at radius 3 is 2.60 bits per heavy atom. The summed E-state index contributed by atoms with van der Waals surface area (Å²) in [4.78, 5) is 13.4. The molecule has 2 fully saturated rings. The summed E-state index contributed by atoms with van der Waals surface area (Å²) in [5.41, 5.74) is 5.32. The molecule has 0 bridgehead atoms. The fourth-order valence-electron chi connectivity index (χ4n) is 2.64. The van der Waals surface area contributed by atoms with E-state index in [4.69, 9.17) is 10.5 Å². The van der Waals surface area contributed by atoms with Gasteiger partial charge in [-0.15, -0.1) is 0 Å². The van der Waals surface area contributed by atoms with E-state index in [0.29, 0.717) is 13.1 Å². The van der Waals surface area contributed by atoms with Gasteiger partial charge in [0, 0.05) is 26.1 Å². The number of hydrogen-bond donors (Lipinski definition) is 1. The summed E-state index contributed by atoms with van der Waals surface area (Å²) in [6.07, 6.45) is 6.61. The lowest BCUT2D eigenvalue weighted by molar-refractivity contribution is -0.0680. The molecular weight excluding hydrogens is 192 g/mol. The fraction of sp³-hybridized carbons (Fsp3) is 0.909. The van der Waals surface area contributed by atoms with E-state index < -0.39 is 0 Å². The zero-order valence-corrected chi connectivity index (χ0v) is 9.21. The molecule has 0 aromatic rings. The summed E-state index contributed by atoms with van der Waals surface area (Å²) in [6, 6.07) is 0. The van der Waals surface area contributed by atoms with Crippen LogP contribution in [0.25, 0.3) is 0 Å². The molecule has 0 aromatic carbocycles. The van der Waals surface area contributed by atoms with Crippen LogP contribution in [0.2, 0.25) is 0 Å². The van der Waals surface area contributed by atoms with Crippen molar-refractivity contribution >= 4 is 6.09 Å². The van der Waals surface area contributed by atoms with Crippen LogP contribution in [0, 0.1) is 0 Å². The van der Waals surface area contributed by atoms with Crippen LogP contribution in [0.3, 0.4) is 0 Å². The van der Waals surface area contributed by atoms with Gasteiger partial charge in [-0.25, -0.2) is 4.79 Å². The number of nitrogens with zero attached hydrogens (tertiary/aromatic N) is 1. The SMILES string of the molecule is NCCN1CCC2(CCCCC2)OC1=O. The lowest BCUT2D eigenvalue weighted by Gasteiger charge is -2.43. The summed E-state index contributed by atoms with van der Waals surface area (Å²) in [5, 5.41) is 0. The largest absolute Gasteiger partial charge is 0.443 e. The Labute approximate surface area is 90.8 Å². The minimum Gasteiger partial charge on any atom is -0.443 e. The molecule has 4 nitrogen and oxygen atoms in total. The smallest absolute Gasteiger partial charge is 0.410 e. The molecule has 1 aliphatic carbocycles. The topological polar surface area (TPSA) is 55.6 Å². The second kappa shape index (κ2) is 4.39. The number of nitrogens with two attached hydrogens (primary N) is 1. The third-order valence-corrected chi connectivity index (χ3v) is 3.56. The summed E-state index contributed by atoms with van der Waals surface area (Å²) in [7, 11) is 0. The summed E-state index contributed by atoms with van der Waals surface area (Å²) >= 11 is 0. The van der Waals surface area contributed by atoms with Crippen molar-refractivity contribution in [2.45, 2.75) is 44.1 Å². The maximum Gasteiger partial charge on any atom is 0.410 e. The zero-order valence-electron chi connectivity index (χ0n) is 9.21. The minimum absolute atomic E-state index is 0.125. The normalized spacial score (nSPS) is 25.4. The zero-order chi connectivity index (χ0) is 10.7. The average Bonchev–Trinajstić information content (AvgIpc) is 2.24. The van der Waals surface area contributed by atoms with Gasteiger partial charge in [0.05, 0.1) is 0 Å². The monoisotopic (exact) mass is 212 g/mol. The van der Waals surface area contributed by atoms with Crippen LogP contribution >= 0.6 is 0 Å². The Kier molecular flexibility index (Phi) is 3.14. The molecule has 0 aromatic heterocycles. The quantitative estimate of drug-likeness (QED) is 0.754. The van der Waals surface area contributed by atoms with Gasteiger partial charge < -0.3 is 15.4 Å². The van der Waals surface area contributed by atoms with E-state index in [-0.39, 0.29) is 11.7 Å². The molecule has 0 radical (unpaired) electrons. The first kappa shape index (κ1) is 10.7. The Bertz CT molecular complexity index is 237. The second-order valence-corrected chi connectivity index (χ2v) is 4.64. The number of rotatable bonds is 2. The Morgan fingerprint density at radius 2 is 2.00 bits per heavy atom. The molecule has 0 unspecified atom stereocenters. The van der Waals surface area contributed by atoms with Crippen molar-refractivity contribution in [3.05, 3.63) is 0 Å². The second-order valence-electron chi connectivity index (χ2n) is 4.64. The highest BCUT2D eigenvalue weighted by molar-refractivity contribution is 5.69. The Balaban J connectivity index is 1.94. The van der Waals surface area contributed by atoms with Crippen molar-refractivity contribution in [1.82, 2.24) is 4.90 Å². The van der Waals surface area contributed by atoms with Gasteiger partial charge in [-0.3, -0.25) is 0 Å². The first-order valence-electron chi connectivity index (χ1n) is 5.94. The van der Waals surface area contributed by atoms with Crippen LogP contribution < -0.4 is 5.73 Å². The van der Waals surface area contributed by atoms with Gasteiger partial charge in [-0.2, -0.15) is 0 Å². The standard InChI is InChI=1S/C11H20N2O2/c12-7-9-13-8-6-11(15-10(13)14)4-2-1-3-5-11/h1-9,12H2. The van der Waals surface area contributed by atoms with Gasteiger partial charge in [0.2, 0.25) is 0 Å². The van der Waals surface area contributed by atoms with Crippen LogP contribution in [-0.4, -0.2) is 36.2 Å². The molecule has 1 saturated carbocycles. The third-order valence-electron chi connectivity index (χ3n) is 3.56. The van der Waals surface area contributed by atoms with Crippen molar-refractivity contribution < 1.29 is 9.53 Å². The van der Waals surface area contributed by atoms with Crippen molar-refractivity contribution in [2.24, 2.45) is 5.73 Å². The average molecular weight is 212 g/mol. The predicted molar refractivity (Wildman–Crippen MR) is 57.5 cm³/mol. The molecule has 15 heavy (non-hydrogen) atoms. The Hall–Kier alpha value is -0.770. The molecule has 86 valence electrons. The molecule has 1 spiro atoms. The van der Waals surface area contributed by atoms with Gasteiger partial charge in [0.25, 0.3) is 0 Å². The highest BCUT2D eigenvalue weighted by Gasteiger charge is 2.40. The fourth-order valence-corrected chi connectivity index (χ4v) is 2.64. The number of carbonyl (C=O) groups is 1. The lowest BCUT2D eigenvalue weighted by Crippen LogP contribution is -2.51. The first-order valence-corrected chi connectivity index (χ1v) is 5.94. The highest BCUT2D eigenvalue weighted by Crippen LogP contribution is 2.37. The molecular formula is C11H20N2O2.